The molecule has 2 aliphatic rings. The highest BCUT2D eigenvalue weighted by atomic mass is 35.5. The molecule has 0 radical (unpaired) electrons. The van der Waals surface area contributed by atoms with Crippen LogP contribution in [0.1, 0.15) is 27.2 Å². The Morgan fingerprint density at radius 2 is 2.00 bits per heavy atom. The van der Waals surface area contributed by atoms with Crippen LogP contribution in [0.3, 0.4) is 0 Å². The van der Waals surface area contributed by atoms with Crippen LogP contribution in [-0.2, 0) is 14.3 Å². The van der Waals surface area contributed by atoms with E-state index in [4.69, 9.17) is 16.3 Å². The Morgan fingerprint density at radius 3 is 2.53 bits per heavy atom. The zero-order valence-corrected chi connectivity index (χ0v) is 18.2. The van der Waals surface area contributed by atoms with Crippen LogP contribution in [0.15, 0.2) is 23.1 Å². The first-order chi connectivity index (χ1) is 13.9. The topological polar surface area (TPSA) is 113 Å². The Bertz CT molecular complexity index is 891. The van der Waals surface area contributed by atoms with Gasteiger partial charge in [0.05, 0.1) is 10.9 Å². The van der Waals surface area contributed by atoms with E-state index in [1.165, 1.54) is 30.0 Å². The van der Waals surface area contributed by atoms with Gasteiger partial charge in [0.25, 0.3) is 0 Å². The van der Waals surface area contributed by atoms with Crippen molar-refractivity contribution in [2.24, 2.45) is 23.7 Å². The molecule has 10 heteroatoms. The van der Waals surface area contributed by atoms with Crippen molar-refractivity contribution in [2.75, 3.05) is 5.75 Å². The third kappa shape index (κ3) is 4.23. The lowest BCUT2D eigenvalue weighted by Crippen LogP contribution is -2.61. The van der Waals surface area contributed by atoms with Crippen molar-refractivity contribution in [3.05, 3.63) is 29.0 Å². The minimum atomic E-state index is -1.76. The second kappa shape index (κ2) is 7.92. The number of nitrogens with one attached hydrogen (secondary N) is 1. The number of ether oxygens (including phenoxy) is 1. The van der Waals surface area contributed by atoms with Crippen molar-refractivity contribution >= 4 is 41.4 Å². The number of thioether (sulfide) groups is 1. The molecule has 1 aromatic rings. The number of hydrogen-bond acceptors (Lipinski definition) is 5. The van der Waals surface area contributed by atoms with Gasteiger partial charge in [-0.15, -0.1) is 11.8 Å². The van der Waals surface area contributed by atoms with Crippen LogP contribution in [-0.4, -0.2) is 45.1 Å². The van der Waals surface area contributed by atoms with Gasteiger partial charge in [0, 0.05) is 22.5 Å². The molecule has 164 valence electrons. The van der Waals surface area contributed by atoms with Gasteiger partial charge in [-0.1, -0.05) is 11.6 Å². The number of carboxylic acids is 2. The number of amides is 1. The number of fused-ring (bicyclic) bond motifs is 1. The number of alkyl carbamates (subject to hydrolysis) is 1. The van der Waals surface area contributed by atoms with E-state index in [1.54, 1.807) is 20.8 Å². The number of benzene rings is 1. The fourth-order valence-electron chi connectivity index (χ4n) is 4.40. The van der Waals surface area contributed by atoms with E-state index in [2.05, 4.69) is 5.32 Å². The number of carbonyl (C=O) groups excluding carboxylic acids is 1. The molecule has 0 aliphatic heterocycles. The average molecular weight is 460 g/mol. The molecule has 1 aromatic carbocycles. The largest absolute Gasteiger partial charge is 0.481 e. The van der Waals surface area contributed by atoms with Crippen molar-refractivity contribution in [1.29, 1.82) is 0 Å². The predicted molar refractivity (Wildman–Crippen MR) is 108 cm³/mol. The summed E-state index contributed by atoms with van der Waals surface area (Å²) < 4.78 is 18.6. The summed E-state index contributed by atoms with van der Waals surface area (Å²) in [7, 11) is 0. The number of aliphatic carboxylic acids is 2. The molecule has 2 saturated carbocycles. The van der Waals surface area contributed by atoms with Gasteiger partial charge >= 0.3 is 18.0 Å². The first-order valence-electron chi connectivity index (χ1n) is 9.42. The van der Waals surface area contributed by atoms with Crippen molar-refractivity contribution < 1.29 is 33.7 Å². The molecule has 4 unspecified atom stereocenters. The van der Waals surface area contributed by atoms with Crippen molar-refractivity contribution in [3.63, 3.8) is 0 Å². The lowest BCUT2D eigenvalue weighted by molar-refractivity contribution is -0.149. The number of hydrogen-bond donors (Lipinski definition) is 3. The molecule has 0 spiro atoms. The lowest BCUT2D eigenvalue weighted by atomic mass is 9.81. The van der Waals surface area contributed by atoms with Crippen molar-refractivity contribution in [2.45, 2.75) is 43.2 Å². The van der Waals surface area contributed by atoms with Crippen LogP contribution in [0.4, 0.5) is 9.18 Å². The highest BCUT2D eigenvalue weighted by Crippen LogP contribution is 2.65. The van der Waals surface area contributed by atoms with E-state index in [0.717, 1.165) is 0 Å². The molecular weight excluding hydrogens is 437 g/mol. The smallest absolute Gasteiger partial charge is 0.408 e. The van der Waals surface area contributed by atoms with Crippen LogP contribution in [0.25, 0.3) is 0 Å². The summed E-state index contributed by atoms with van der Waals surface area (Å²) >= 11 is 7.09. The summed E-state index contributed by atoms with van der Waals surface area (Å²) in [6, 6.07) is 4.20. The van der Waals surface area contributed by atoms with E-state index in [1.807, 2.05) is 0 Å². The maximum atomic E-state index is 13.4. The summed E-state index contributed by atoms with van der Waals surface area (Å²) in [4.78, 5) is 37.1. The van der Waals surface area contributed by atoms with Crippen LogP contribution < -0.4 is 5.32 Å². The summed E-state index contributed by atoms with van der Waals surface area (Å²) in [5.74, 6) is -5.05. The van der Waals surface area contributed by atoms with E-state index < -0.39 is 52.7 Å². The Kier molecular flexibility index (Phi) is 5.99. The number of halogens is 2. The molecule has 1 amide bonds. The second-order valence-corrected chi connectivity index (χ2v) is 10.2. The zero-order chi connectivity index (χ0) is 22.4. The molecule has 30 heavy (non-hydrogen) atoms. The monoisotopic (exact) mass is 459 g/mol. The van der Waals surface area contributed by atoms with E-state index in [0.29, 0.717) is 11.3 Å². The van der Waals surface area contributed by atoms with Crippen LogP contribution in [0.5, 0.6) is 0 Å². The molecular formula is C20H23ClFNO6S. The van der Waals surface area contributed by atoms with Crippen LogP contribution in [0.2, 0.25) is 5.02 Å². The van der Waals surface area contributed by atoms with Gasteiger partial charge in [-0.25, -0.2) is 14.0 Å². The molecule has 2 fully saturated rings. The third-order valence-corrected chi connectivity index (χ3v) is 7.03. The molecule has 0 aromatic heterocycles. The lowest BCUT2D eigenvalue weighted by Gasteiger charge is -2.36. The van der Waals surface area contributed by atoms with Gasteiger partial charge in [0.2, 0.25) is 0 Å². The van der Waals surface area contributed by atoms with E-state index >= 15 is 0 Å². The number of rotatable bonds is 6. The van der Waals surface area contributed by atoms with Gasteiger partial charge in [0.15, 0.2) is 0 Å². The SMILES string of the molecule is CC(C)(C)OC(=O)N[C@@]1(C(=O)O)C(CSc2ccc(F)c(Cl)c2)CC2C(C(=O)O)C21. The quantitative estimate of drug-likeness (QED) is 0.553. The van der Waals surface area contributed by atoms with Crippen molar-refractivity contribution in [1.82, 2.24) is 5.32 Å². The number of carbonyl (C=O) groups is 3. The van der Waals surface area contributed by atoms with Crippen LogP contribution in [0, 0.1) is 29.5 Å². The maximum Gasteiger partial charge on any atom is 0.408 e. The minimum Gasteiger partial charge on any atom is -0.481 e. The highest BCUT2D eigenvalue weighted by Gasteiger charge is 2.75. The second-order valence-electron chi connectivity index (χ2n) is 8.67. The Hall–Kier alpha value is -2.00. The minimum absolute atomic E-state index is 0.0448. The first-order valence-corrected chi connectivity index (χ1v) is 10.8. The highest BCUT2D eigenvalue weighted by molar-refractivity contribution is 7.99. The van der Waals surface area contributed by atoms with E-state index in [9.17, 15) is 29.0 Å². The molecule has 2 aliphatic carbocycles. The molecule has 0 bridgehead atoms. The molecule has 3 N–H and O–H groups in total. The molecule has 5 atom stereocenters. The van der Waals surface area contributed by atoms with Gasteiger partial charge in [-0.2, -0.15) is 0 Å². The normalized spacial score (nSPS) is 29.8. The Labute approximate surface area is 182 Å². The van der Waals surface area contributed by atoms with E-state index in [-0.39, 0.29) is 16.7 Å². The Balaban J connectivity index is 1.85. The Morgan fingerprint density at radius 1 is 1.33 bits per heavy atom. The first kappa shape index (κ1) is 22.7. The fourth-order valence-corrected chi connectivity index (χ4v) is 5.81. The predicted octanol–water partition coefficient (Wildman–Crippen LogP) is 3.89. The van der Waals surface area contributed by atoms with Gasteiger partial charge in [-0.05, 0) is 51.3 Å². The zero-order valence-electron chi connectivity index (χ0n) is 16.6. The average Bonchev–Trinajstić information content (AvgIpc) is 3.24. The molecule has 0 heterocycles. The standard InChI is InChI=1S/C20H23ClFNO6S/c1-19(2,3)29-18(28)23-20(17(26)27)9(6-11-14(15(11)20)16(24)25)8-30-10-4-5-13(22)12(21)7-10/h4-5,7,9,11,14-15H,6,8H2,1-3H3,(H,23,28)(H,24,25)(H,26,27)/t9?,11?,14?,15?,20-/m0/s1. The summed E-state index contributed by atoms with van der Waals surface area (Å²) in [5.41, 5.74) is -2.60. The molecule has 0 saturated heterocycles. The summed E-state index contributed by atoms with van der Waals surface area (Å²) in [5, 5.41) is 22.0. The van der Waals surface area contributed by atoms with Gasteiger partial charge in [-0.3, -0.25) is 4.79 Å². The fraction of sp³-hybridized carbons (Fsp3) is 0.550. The van der Waals surface area contributed by atoms with Crippen LogP contribution >= 0.6 is 23.4 Å². The molecule has 3 rings (SSSR count). The van der Waals surface area contributed by atoms with Gasteiger partial charge < -0.3 is 20.3 Å². The number of carboxylic acid groups (broad SMARTS) is 2. The third-order valence-electron chi connectivity index (χ3n) is 5.58. The summed E-state index contributed by atoms with van der Waals surface area (Å²) in [6.45, 7) is 4.96. The summed E-state index contributed by atoms with van der Waals surface area (Å²) in [6.07, 6.45) is -0.563. The van der Waals surface area contributed by atoms with Gasteiger partial charge in [0.1, 0.15) is 17.0 Å². The molecule has 7 nitrogen and oxygen atoms in total. The van der Waals surface area contributed by atoms with Crippen molar-refractivity contribution in [3.8, 4) is 0 Å². The maximum absolute atomic E-state index is 13.4.